The van der Waals surface area contributed by atoms with Crippen molar-refractivity contribution in [2.24, 2.45) is 0 Å². The molecule has 5 heteroatoms. The molecule has 0 fully saturated rings. The van der Waals surface area contributed by atoms with Gasteiger partial charge in [-0.3, -0.25) is 9.59 Å². The zero-order valence-electron chi connectivity index (χ0n) is 11.5. The van der Waals surface area contributed by atoms with E-state index in [1.165, 1.54) is 14.0 Å². The zero-order valence-corrected chi connectivity index (χ0v) is 11.5. The fourth-order valence-electron chi connectivity index (χ4n) is 1.68. The van der Waals surface area contributed by atoms with Gasteiger partial charge in [-0.15, -0.1) is 0 Å². The summed E-state index contributed by atoms with van der Waals surface area (Å²) in [7, 11) is 3.08. The van der Waals surface area contributed by atoms with Gasteiger partial charge in [-0.1, -0.05) is 0 Å². The molecular weight excluding hydrogens is 246 g/mol. The third-order valence-corrected chi connectivity index (χ3v) is 2.66. The monoisotopic (exact) mass is 265 g/mol. The highest BCUT2D eigenvalue weighted by molar-refractivity contribution is 5.98. The van der Waals surface area contributed by atoms with Crippen molar-refractivity contribution in [3.63, 3.8) is 0 Å². The van der Waals surface area contributed by atoms with Crippen LogP contribution in [0.5, 0.6) is 11.5 Å². The number of amides is 1. The molecule has 0 unspecified atom stereocenters. The minimum Gasteiger partial charge on any atom is -0.497 e. The number of Topliss-reactive ketones (excluding diaryl/α,β-unsaturated/α-hetero) is 1. The largest absolute Gasteiger partial charge is 0.497 e. The summed E-state index contributed by atoms with van der Waals surface area (Å²) >= 11 is 0. The van der Waals surface area contributed by atoms with Crippen molar-refractivity contribution in [1.29, 1.82) is 0 Å². The standard InChI is InChI=1S/C14H19NO4/c1-10(16)15-8-4-5-13(17)12-7-6-11(18-2)9-14(12)19-3/h6-7,9H,4-5,8H2,1-3H3,(H,15,16). The van der Waals surface area contributed by atoms with Gasteiger partial charge in [0.05, 0.1) is 19.8 Å². The molecule has 0 saturated heterocycles. The molecule has 0 saturated carbocycles. The molecule has 0 heterocycles. The van der Waals surface area contributed by atoms with Gasteiger partial charge in [0, 0.05) is 26.0 Å². The number of nitrogens with one attached hydrogen (secondary N) is 1. The maximum absolute atomic E-state index is 12.0. The lowest BCUT2D eigenvalue weighted by Gasteiger charge is -2.09. The number of hydrogen-bond acceptors (Lipinski definition) is 4. The van der Waals surface area contributed by atoms with Crippen LogP contribution in [0.4, 0.5) is 0 Å². The highest BCUT2D eigenvalue weighted by Gasteiger charge is 2.12. The predicted molar refractivity (Wildman–Crippen MR) is 71.8 cm³/mol. The Hall–Kier alpha value is -2.04. The van der Waals surface area contributed by atoms with Crippen LogP contribution in [0.2, 0.25) is 0 Å². The molecule has 1 amide bonds. The molecular formula is C14H19NO4. The van der Waals surface area contributed by atoms with Crippen molar-refractivity contribution < 1.29 is 19.1 Å². The first-order valence-corrected chi connectivity index (χ1v) is 6.08. The molecule has 0 atom stereocenters. The molecule has 0 aliphatic rings. The molecule has 0 aromatic heterocycles. The molecule has 1 aromatic rings. The van der Waals surface area contributed by atoms with Crippen LogP contribution >= 0.6 is 0 Å². The van der Waals surface area contributed by atoms with Crippen molar-refractivity contribution in [3.8, 4) is 11.5 Å². The summed E-state index contributed by atoms with van der Waals surface area (Å²) in [6.07, 6.45) is 0.969. The van der Waals surface area contributed by atoms with E-state index in [4.69, 9.17) is 9.47 Å². The molecule has 1 rings (SSSR count). The van der Waals surface area contributed by atoms with Crippen LogP contribution in [0.1, 0.15) is 30.1 Å². The van der Waals surface area contributed by atoms with Gasteiger partial charge >= 0.3 is 0 Å². The Bertz CT molecular complexity index is 457. The molecule has 19 heavy (non-hydrogen) atoms. The highest BCUT2D eigenvalue weighted by atomic mass is 16.5. The van der Waals surface area contributed by atoms with E-state index in [1.54, 1.807) is 25.3 Å². The summed E-state index contributed by atoms with van der Waals surface area (Å²) in [6, 6.07) is 5.10. The molecule has 104 valence electrons. The van der Waals surface area contributed by atoms with Gasteiger partial charge in [-0.05, 0) is 18.6 Å². The smallest absolute Gasteiger partial charge is 0.216 e. The third-order valence-electron chi connectivity index (χ3n) is 2.66. The van der Waals surface area contributed by atoms with Crippen LogP contribution in [-0.4, -0.2) is 32.5 Å². The number of carbonyl (C=O) groups excluding carboxylic acids is 2. The predicted octanol–water partition coefficient (Wildman–Crippen LogP) is 1.80. The van der Waals surface area contributed by atoms with E-state index in [0.29, 0.717) is 36.4 Å². The first kappa shape index (κ1) is 15.0. The first-order valence-electron chi connectivity index (χ1n) is 6.08. The lowest BCUT2D eigenvalue weighted by atomic mass is 10.1. The van der Waals surface area contributed by atoms with Gasteiger partial charge in [-0.2, -0.15) is 0 Å². The molecule has 0 aliphatic carbocycles. The molecule has 0 bridgehead atoms. The molecule has 0 radical (unpaired) electrons. The lowest BCUT2D eigenvalue weighted by molar-refractivity contribution is -0.118. The average molecular weight is 265 g/mol. The minimum atomic E-state index is -0.0884. The van der Waals surface area contributed by atoms with E-state index >= 15 is 0 Å². The van der Waals surface area contributed by atoms with E-state index in [-0.39, 0.29) is 11.7 Å². The fraction of sp³-hybridized carbons (Fsp3) is 0.429. The molecule has 1 aromatic carbocycles. The Kier molecular flexibility index (Phi) is 5.85. The average Bonchev–Trinajstić information content (AvgIpc) is 2.42. The van der Waals surface area contributed by atoms with Gasteiger partial charge < -0.3 is 14.8 Å². The Morgan fingerprint density at radius 2 is 1.95 bits per heavy atom. The van der Waals surface area contributed by atoms with Crippen molar-refractivity contribution in [3.05, 3.63) is 23.8 Å². The van der Waals surface area contributed by atoms with E-state index in [9.17, 15) is 9.59 Å². The third kappa shape index (κ3) is 4.62. The molecule has 1 N–H and O–H groups in total. The summed E-state index contributed by atoms with van der Waals surface area (Å²) in [5.74, 6) is 1.05. The number of methoxy groups -OCH3 is 2. The summed E-state index contributed by atoms with van der Waals surface area (Å²) in [6.45, 7) is 1.95. The normalized spacial score (nSPS) is 9.84. The Morgan fingerprint density at radius 3 is 2.53 bits per heavy atom. The van der Waals surface area contributed by atoms with Crippen molar-refractivity contribution in [2.75, 3.05) is 20.8 Å². The van der Waals surface area contributed by atoms with Crippen LogP contribution < -0.4 is 14.8 Å². The maximum atomic E-state index is 12.0. The van der Waals surface area contributed by atoms with E-state index in [0.717, 1.165) is 0 Å². The number of hydrogen-bond donors (Lipinski definition) is 1. The number of rotatable bonds is 7. The number of benzene rings is 1. The minimum absolute atomic E-state index is 0.00939. The van der Waals surface area contributed by atoms with Gasteiger partial charge in [0.1, 0.15) is 11.5 Å². The van der Waals surface area contributed by atoms with Gasteiger partial charge in [0.2, 0.25) is 5.91 Å². The Labute approximate surface area is 112 Å². The van der Waals surface area contributed by atoms with Crippen LogP contribution in [0.15, 0.2) is 18.2 Å². The Balaban J connectivity index is 2.63. The fourth-order valence-corrected chi connectivity index (χ4v) is 1.68. The van der Waals surface area contributed by atoms with Gasteiger partial charge in [0.15, 0.2) is 5.78 Å². The lowest BCUT2D eigenvalue weighted by Crippen LogP contribution is -2.21. The van der Waals surface area contributed by atoms with Crippen molar-refractivity contribution >= 4 is 11.7 Å². The summed E-state index contributed by atoms with van der Waals surface area (Å²) in [4.78, 5) is 22.7. The van der Waals surface area contributed by atoms with Crippen LogP contribution in [0.25, 0.3) is 0 Å². The number of ether oxygens (including phenoxy) is 2. The van der Waals surface area contributed by atoms with E-state index in [1.807, 2.05) is 0 Å². The molecule has 0 aliphatic heterocycles. The van der Waals surface area contributed by atoms with E-state index < -0.39 is 0 Å². The van der Waals surface area contributed by atoms with Crippen LogP contribution in [0, 0.1) is 0 Å². The maximum Gasteiger partial charge on any atom is 0.216 e. The molecule has 5 nitrogen and oxygen atoms in total. The number of carbonyl (C=O) groups is 2. The first-order chi connectivity index (χ1) is 9.08. The second-order valence-electron chi connectivity index (χ2n) is 4.08. The van der Waals surface area contributed by atoms with Crippen molar-refractivity contribution in [2.45, 2.75) is 19.8 Å². The second-order valence-corrected chi connectivity index (χ2v) is 4.08. The quantitative estimate of drug-likeness (QED) is 0.603. The topological polar surface area (TPSA) is 64.6 Å². The van der Waals surface area contributed by atoms with Crippen molar-refractivity contribution in [1.82, 2.24) is 5.32 Å². The van der Waals surface area contributed by atoms with Crippen LogP contribution in [-0.2, 0) is 4.79 Å². The highest BCUT2D eigenvalue weighted by Crippen LogP contribution is 2.25. The van der Waals surface area contributed by atoms with Crippen LogP contribution in [0.3, 0.4) is 0 Å². The summed E-state index contributed by atoms with van der Waals surface area (Å²) in [5, 5.41) is 2.66. The zero-order chi connectivity index (χ0) is 14.3. The Morgan fingerprint density at radius 1 is 1.21 bits per heavy atom. The SMILES string of the molecule is COc1ccc(C(=O)CCCNC(C)=O)c(OC)c1. The number of ketones is 1. The van der Waals surface area contributed by atoms with E-state index in [2.05, 4.69) is 5.32 Å². The second kappa shape index (κ2) is 7.41. The summed E-state index contributed by atoms with van der Waals surface area (Å²) < 4.78 is 10.3. The van der Waals surface area contributed by atoms with Gasteiger partial charge in [0.25, 0.3) is 0 Å². The van der Waals surface area contributed by atoms with Gasteiger partial charge in [-0.25, -0.2) is 0 Å². The summed E-state index contributed by atoms with van der Waals surface area (Å²) in [5.41, 5.74) is 0.533. The molecule has 0 spiro atoms.